The summed E-state index contributed by atoms with van der Waals surface area (Å²) in [5, 5.41) is 2.72. The minimum atomic E-state index is -0.267. The Kier molecular flexibility index (Phi) is 7.34. The third-order valence-corrected chi connectivity index (χ3v) is 2.63. The van der Waals surface area contributed by atoms with Crippen LogP contribution in [0.4, 0.5) is 5.82 Å². The molecule has 0 saturated carbocycles. The van der Waals surface area contributed by atoms with Gasteiger partial charge in [0.25, 0.3) is 5.91 Å². The molecule has 4 N–H and O–H groups in total. The number of amides is 1. The summed E-state index contributed by atoms with van der Waals surface area (Å²) in [4.78, 5) is 15.9. The molecule has 1 amide bonds. The summed E-state index contributed by atoms with van der Waals surface area (Å²) in [6.45, 7) is 1.85. The average molecular weight is 333 g/mol. The minimum absolute atomic E-state index is 0.267. The molecule has 0 aromatic carbocycles. The molecule has 0 spiro atoms. The van der Waals surface area contributed by atoms with E-state index in [2.05, 4.69) is 31.7 Å². The molecule has 1 heterocycles. The second-order valence-electron chi connectivity index (χ2n) is 3.56. The predicted molar refractivity (Wildman–Crippen MR) is 74.8 cm³/mol. The number of halogens is 1. The molecule has 0 unspecified atom stereocenters. The fourth-order valence-electron chi connectivity index (χ4n) is 1.30. The Bertz CT molecular complexity index is 417. The second kappa shape index (κ2) is 8.81. The van der Waals surface area contributed by atoms with Crippen molar-refractivity contribution in [2.75, 3.05) is 38.9 Å². The van der Waals surface area contributed by atoms with Gasteiger partial charge < -0.3 is 20.2 Å². The number of nitrogens with one attached hydrogen (secondary N) is 2. The number of aromatic nitrogens is 1. The summed E-state index contributed by atoms with van der Waals surface area (Å²) < 4.78 is 10.8. The molecule has 106 valence electrons. The van der Waals surface area contributed by atoms with Gasteiger partial charge in [-0.15, -0.1) is 0 Å². The van der Waals surface area contributed by atoms with E-state index in [9.17, 15) is 4.79 Å². The van der Waals surface area contributed by atoms with Gasteiger partial charge in [0.2, 0.25) is 0 Å². The van der Waals surface area contributed by atoms with Gasteiger partial charge in [-0.2, -0.15) is 0 Å². The highest BCUT2D eigenvalue weighted by molar-refractivity contribution is 9.10. The number of hydrazine groups is 1. The molecule has 1 aromatic rings. The van der Waals surface area contributed by atoms with E-state index in [1.165, 1.54) is 0 Å². The molecule has 0 fully saturated rings. The molecule has 0 aliphatic carbocycles. The van der Waals surface area contributed by atoms with E-state index in [1.54, 1.807) is 19.4 Å². The Morgan fingerprint density at radius 1 is 1.47 bits per heavy atom. The maximum absolute atomic E-state index is 11.9. The quantitative estimate of drug-likeness (QED) is 0.365. The number of nitrogens with zero attached hydrogens (tertiary/aromatic N) is 1. The lowest BCUT2D eigenvalue weighted by molar-refractivity contribution is 0.0693. The van der Waals surface area contributed by atoms with Crippen LogP contribution in [0.5, 0.6) is 0 Å². The van der Waals surface area contributed by atoms with E-state index in [0.29, 0.717) is 42.2 Å². The summed E-state index contributed by atoms with van der Waals surface area (Å²) in [5.74, 6) is 5.36. The van der Waals surface area contributed by atoms with E-state index >= 15 is 0 Å². The van der Waals surface area contributed by atoms with Gasteiger partial charge in [0.15, 0.2) is 5.82 Å². The van der Waals surface area contributed by atoms with Gasteiger partial charge in [0.05, 0.1) is 25.4 Å². The van der Waals surface area contributed by atoms with Crippen LogP contribution in [0.15, 0.2) is 16.7 Å². The topological polar surface area (TPSA) is 98.5 Å². The molecule has 19 heavy (non-hydrogen) atoms. The number of hydrogen-bond acceptors (Lipinski definition) is 6. The van der Waals surface area contributed by atoms with Gasteiger partial charge in [-0.25, -0.2) is 10.8 Å². The van der Waals surface area contributed by atoms with Crippen LogP contribution in [0.1, 0.15) is 10.4 Å². The third-order valence-electron chi connectivity index (χ3n) is 2.20. The molecule has 8 heteroatoms. The van der Waals surface area contributed by atoms with Crippen molar-refractivity contribution < 1.29 is 14.3 Å². The van der Waals surface area contributed by atoms with Crippen molar-refractivity contribution in [1.82, 2.24) is 10.3 Å². The number of carbonyl (C=O) groups excluding carboxylic acids is 1. The molecule has 0 aliphatic heterocycles. The number of anilines is 1. The number of methoxy groups -OCH3 is 1. The van der Waals surface area contributed by atoms with Crippen LogP contribution < -0.4 is 16.6 Å². The molecular weight excluding hydrogens is 316 g/mol. The smallest absolute Gasteiger partial charge is 0.255 e. The molecule has 1 aromatic heterocycles. The van der Waals surface area contributed by atoms with E-state index < -0.39 is 0 Å². The summed E-state index contributed by atoms with van der Waals surface area (Å²) >= 11 is 3.25. The van der Waals surface area contributed by atoms with Crippen LogP contribution in [-0.2, 0) is 9.47 Å². The number of nitrogens with two attached hydrogens (primary N) is 1. The fraction of sp³-hybridized carbons (Fsp3) is 0.455. The van der Waals surface area contributed by atoms with Gasteiger partial charge >= 0.3 is 0 Å². The van der Waals surface area contributed by atoms with Gasteiger partial charge in [-0.1, -0.05) is 0 Å². The molecule has 1 rings (SSSR count). The first-order chi connectivity index (χ1) is 9.19. The monoisotopic (exact) mass is 332 g/mol. The first-order valence-electron chi connectivity index (χ1n) is 5.66. The lowest BCUT2D eigenvalue weighted by Crippen LogP contribution is -2.29. The molecule has 0 bridgehead atoms. The summed E-state index contributed by atoms with van der Waals surface area (Å²) in [5.41, 5.74) is 2.75. The molecule has 0 atom stereocenters. The number of carbonyl (C=O) groups is 1. The number of ether oxygens (including phenoxy) is 2. The first-order valence-corrected chi connectivity index (χ1v) is 6.45. The molecule has 0 radical (unpaired) electrons. The zero-order valence-corrected chi connectivity index (χ0v) is 12.2. The zero-order chi connectivity index (χ0) is 14.1. The Balaban J connectivity index is 2.43. The van der Waals surface area contributed by atoms with Crippen molar-refractivity contribution in [2.24, 2.45) is 5.84 Å². The van der Waals surface area contributed by atoms with Crippen LogP contribution >= 0.6 is 15.9 Å². The highest BCUT2D eigenvalue weighted by atomic mass is 79.9. The Hall–Kier alpha value is -1.22. The molecular formula is C11H17BrN4O3. The van der Waals surface area contributed by atoms with Crippen LogP contribution in [0.25, 0.3) is 0 Å². The first kappa shape index (κ1) is 15.8. The predicted octanol–water partition coefficient (Wildman–Crippen LogP) is 0.522. The van der Waals surface area contributed by atoms with E-state index in [4.69, 9.17) is 15.3 Å². The average Bonchev–Trinajstić information content (AvgIpc) is 2.42. The fourth-order valence-corrected chi connectivity index (χ4v) is 1.63. The molecule has 0 saturated heterocycles. The number of nitrogen functional groups attached to an aromatic ring is 1. The van der Waals surface area contributed by atoms with E-state index in [1.807, 2.05) is 0 Å². The normalized spacial score (nSPS) is 10.3. The minimum Gasteiger partial charge on any atom is -0.382 e. The third kappa shape index (κ3) is 5.52. The highest BCUT2D eigenvalue weighted by Crippen LogP contribution is 2.16. The van der Waals surface area contributed by atoms with Gasteiger partial charge in [0.1, 0.15) is 0 Å². The Morgan fingerprint density at radius 2 is 2.26 bits per heavy atom. The molecule has 7 nitrogen and oxygen atoms in total. The number of rotatable bonds is 8. The van der Waals surface area contributed by atoms with E-state index in [-0.39, 0.29) is 5.91 Å². The van der Waals surface area contributed by atoms with Crippen LogP contribution in [0, 0.1) is 0 Å². The lowest BCUT2D eigenvalue weighted by Gasteiger charge is -2.09. The van der Waals surface area contributed by atoms with Crippen molar-refractivity contribution in [3.63, 3.8) is 0 Å². The van der Waals surface area contributed by atoms with E-state index in [0.717, 1.165) is 0 Å². The van der Waals surface area contributed by atoms with Gasteiger partial charge in [0, 0.05) is 24.3 Å². The standard InChI is InChI=1S/C11H17BrN4O3/c1-18-4-5-19-3-2-14-11(17)9-6-8(12)7-15-10(9)16-13/h6-7H,2-5,13H2,1H3,(H,14,17)(H,15,16). The van der Waals surface area contributed by atoms with Gasteiger partial charge in [-0.3, -0.25) is 4.79 Å². The maximum atomic E-state index is 11.9. The van der Waals surface area contributed by atoms with Crippen molar-refractivity contribution in [3.05, 3.63) is 22.3 Å². The van der Waals surface area contributed by atoms with Crippen LogP contribution in [-0.4, -0.2) is 44.4 Å². The van der Waals surface area contributed by atoms with Crippen molar-refractivity contribution in [2.45, 2.75) is 0 Å². The largest absolute Gasteiger partial charge is 0.382 e. The Labute approximate surface area is 120 Å². The van der Waals surface area contributed by atoms with Crippen molar-refractivity contribution in [1.29, 1.82) is 0 Å². The number of hydrogen-bond donors (Lipinski definition) is 3. The zero-order valence-electron chi connectivity index (χ0n) is 10.6. The van der Waals surface area contributed by atoms with Gasteiger partial charge in [-0.05, 0) is 22.0 Å². The summed E-state index contributed by atoms with van der Waals surface area (Å²) in [7, 11) is 1.60. The van der Waals surface area contributed by atoms with Crippen molar-refractivity contribution in [3.8, 4) is 0 Å². The van der Waals surface area contributed by atoms with Crippen molar-refractivity contribution >= 4 is 27.7 Å². The maximum Gasteiger partial charge on any atom is 0.255 e. The summed E-state index contributed by atoms with van der Waals surface area (Å²) in [6.07, 6.45) is 1.56. The Morgan fingerprint density at radius 3 is 2.95 bits per heavy atom. The SMILES string of the molecule is COCCOCCNC(=O)c1cc(Br)cnc1NN. The number of pyridine rings is 1. The summed E-state index contributed by atoms with van der Waals surface area (Å²) in [6, 6.07) is 1.64. The molecule has 0 aliphatic rings. The second-order valence-corrected chi connectivity index (χ2v) is 4.47. The van der Waals surface area contributed by atoms with Crippen LogP contribution in [0.2, 0.25) is 0 Å². The lowest BCUT2D eigenvalue weighted by atomic mass is 10.2. The van der Waals surface area contributed by atoms with Crippen LogP contribution in [0.3, 0.4) is 0 Å². The highest BCUT2D eigenvalue weighted by Gasteiger charge is 2.12.